The van der Waals surface area contributed by atoms with Gasteiger partial charge in [-0.3, -0.25) is 0 Å². The van der Waals surface area contributed by atoms with Gasteiger partial charge >= 0.3 is 0 Å². The van der Waals surface area contributed by atoms with Crippen LogP contribution in [-0.2, 0) is 14.6 Å². The van der Waals surface area contributed by atoms with Crippen LogP contribution in [0, 0.1) is 5.41 Å². The van der Waals surface area contributed by atoms with Gasteiger partial charge in [0.1, 0.15) is 0 Å². The average Bonchev–Trinajstić information content (AvgIpc) is 2.42. The molecule has 2 rings (SSSR count). The molecule has 20 heavy (non-hydrogen) atoms. The molecule has 1 aliphatic heterocycles. The molecule has 7 heteroatoms. The molecule has 0 N–H and O–H groups in total. The summed E-state index contributed by atoms with van der Waals surface area (Å²) < 4.78 is 30.5. The Labute approximate surface area is 137 Å². The van der Waals surface area contributed by atoms with E-state index in [0.717, 1.165) is 12.8 Å². The van der Waals surface area contributed by atoms with Gasteiger partial charge in [0, 0.05) is 18.5 Å². The smallest absolute Gasteiger partial charge is 0.179 e. The second-order valence-corrected chi connectivity index (χ2v) is 8.45. The molecule has 0 bridgehead atoms. The van der Waals surface area contributed by atoms with Crippen LogP contribution in [-0.4, -0.2) is 32.7 Å². The van der Waals surface area contributed by atoms with Gasteiger partial charge in [0.05, 0.1) is 20.7 Å². The van der Waals surface area contributed by atoms with Crippen molar-refractivity contribution in [3.05, 3.63) is 28.2 Å². The maximum absolute atomic E-state index is 12.6. The van der Waals surface area contributed by atoms with Crippen LogP contribution < -0.4 is 0 Å². The molecule has 0 amide bonds. The third kappa shape index (κ3) is 3.69. The zero-order valence-corrected chi connectivity index (χ0v) is 14.7. The Hall–Kier alpha value is 0.190. The maximum Gasteiger partial charge on any atom is 0.179 e. The van der Waals surface area contributed by atoms with E-state index in [2.05, 4.69) is 15.9 Å². The molecular weight excluding hydrogens is 387 g/mol. The highest BCUT2D eigenvalue weighted by molar-refractivity contribution is 9.09. The highest BCUT2D eigenvalue weighted by atomic mass is 79.9. The molecule has 1 heterocycles. The molecule has 0 atom stereocenters. The lowest BCUT2D eigenvalue weighted by atomic mass is 9.85. The van der Waals surface area contributed by atoms with Gasteiger partial charge in [-0.05, 0) is 36.5 Å². The summed E-state index contributed by atoms with van der Waals surface area (Å²) in [5, 5.41) is 1.25. The fraction of sp³-hybridized carbons (Fsp3) is 0.538. The van der Waals surface area contributed by atoms with Crippen molar-refractivity contribution in [2.45, 2.75) is 17.7 Å². The third-order valence-electron chi connectivity index (χ3n) is 3.58. The van der Waals surface area contributed by atoms with Crippen molar-refractivity contribution in [3.8, 4) is 0 Å². The summed E-state index contributed by atoms with van der Waals surface area (Å²) in [6.45, 7) is 1.20. The molecule has 3 nitrogen and oxygen atoms in total. The minimum atomic E-state index is -3.40. The lowest BCUT2D eigenvalue weighted by molar-refractivity contribution is 0.0367. The average molecular weight is 402 g/mol. The SMILES string of the molecule is O=S(=O)(CC1(CBr)CCOCC1)c1ccc(Cl)c(Cl)c1. The molecule has 1 saturated heterocycles. The van der Waals surface area contributed by atoms with Gasteiger partial charge in [0.2, 0.25) is 0 Å². The van der Waals surface area contributed by atoms with Crippen molar-refractivity contribution in [2.24, 2.45) is 5.41 Å². The van der Waals surface area contributed by atoms with Crippen LogP contribution in [0.5, 0.6) is 0 Å². The fourth-order valence-corrected chi connectivity index (χ4v) is 5.60. The van der Waals surface area contributed by atoms with Gasteiger partial charge in [-0.2, -0.15) is 0 Å². The summed E-state index contributed by atoms with van der Waals surface area (Å²) in [4.78, 5) is 0.221. The molecule has 1 aromatic rings. The largest absolute Gasteiger partial charge is 0.381 e. The second-order valence-electron chi connectivity index (χ2n) is 5.08. The Morgan fingerprint density at radius 3 is 2.40 bits per heavy atom. The van der Waals surface area contributed by atoms with E-state index in [1.807, 2.05) is 0 Å². The fourth-order valence-electron chi connectivity index (χ4n) is 2.28. The van der Waals surface area contributed by atoms with Crippen molar-refractivity contribution in [1.82, 2.24) is 0 Å². The maximum atomic E-state index is 12.6. The molecule has 0 saturated carbocycles. The molecule has 112 valence electrons. The second kappa shape index (κ2) is 6.53. The lowest BCUT2D eigenvalue weighted by Gasteiger charge is -2.35. The minimum absolute atomic E-state index is 0.0899. The molecule has 0 aromatic heterocycles. The van der Waals surface area contributed by atoms with E-state index in [9.17, 15) is 8.42 Å². The van der Waals surface area contributed by atoms with Crippen molar-refractivity contribution in [2.75, 3.05) is 24.3 Å². The summed E-state index contributed by atoms with van der Waals surface area (Å²) >= 11 is 15.2. The molecule has 1 aromatic carbocycles. The van der Waals surface area contributed by atoms with Crippen LogP contribution in [0.3, 0.4) is 0 Å². The summed E-state index contributed by atoms with van der Waals surface area (Å²) in [6.07, 6.45) is 1.47. The van der Waals surface area contributed by atoms with Gasteiger partial charge in [0.15, 0.2) is 9.84 Å². The lowest BCUT2D eigenvalue weighted by Crippen LogP contribution is -2.37. The molecule has 1 fully saturated rings. The Morgan fingerprint density at radius 2 is 1.85 bits per heavy atom. The van der Waals surface area contributed by atoms with E-state index in [-0.39, 0.29) is 21.1 Å². The number of sulfone groups is 1. The van der Waals surface area contributed by atoms with Crippen LogP contribution in [0.25, 0.3) is 0 Å². The first-order valence-corrected chi connectivity index (χ1v) is 9.73. The summed E-state index contributed by atoms with van der Waals surface area (Å²) in [5.41, 5.74) is -0.275. The molecule has 0 radical (unpaired) electrons. The van der Waals surface area contributed by atoms with E-state index < -0.39 is 9.84 Å². The monoisotopic (exact) mass is 400 g/mol. The first kappa shape index (κ1) is 16.6. The molecule has 1 aliphatic rings. The standard InChI is InChI=1S/C13H15BrCl2O3S/c14-8-13(3-5-19-6-4-13)9-20(17,18)10-1-2-11(15)12(16)7-10/h1-2,7H,3-6,8-9H2. The first-order valence-electron chi connectivity index (χ1n) is 6.20. The molecular formula is C13H15BrCl2O3S. The van der Waals surface area contributed by atoms with E-state index in [1.165, 1.54) is 18.2 Å². The predicted octanol–water partition coefficient (Wildman–Crippen LogP) is 3.96. The molecule has 0 aliphatic carbocycles. The van der Waals surface area contributed by atoms with Crippen molar-refractivity contribution in [3.63, 3.8) is 0 Å². The highest BCUT2D eigenvalue weighted by Gasteiger charge is 2.37. The molecule has 0 unspecified atom stereocenters. The van der Waals surface area contributed by atoms with Crippen LogP contribution in [0.2, 0.25) is 10.0 Å². The number of hydrogen-bond donors (Lipinski definition) is 0. The Bertz CT molecular complexity index is 583. The topological polar surface area (TPSA) is 43.4 Å². The quantitative estimate of drug-likeness (QED) is 0.717. The predicted molar refractivity (Wildman–Crippen MR) is 84.8 cm³/mol. The normalized spacial score (nSPS) is 18.9. The number of halogens is 3. The van der Waals surface area contributed by atoms with E-state index >= 15 is 0 Å². The summed E-state index contributed by atoms with van der Waals surface area (Å²) in [6, 6.07) is 4.44. The zero-order chi connectivity index (χ0) is 14.8. The number of benzene rings is 1. The van der Waals surface area contributed by atoms with Crippen LogP contribution in [0.1, 0.15) is 12.8 Å². The van der Waals surface area contributed by atoms with Crippen molar-refractivity contribution >= 4 is 49.0 Å². The summed E-state index contributed by atoms with van der Waals surface area (Å²) in [7, 11) is -3.40. The Morgan fingerprint density at radius 1 is 1.20 bits per heavy atom. The number of ether oxygens (including phenoxy) is 1. The van der Waals surface area contributed by atoms with Crippen LogP contribution in [0.4, 0.5) is 0 Å². The number of alkyl halides is 1. The molecule has 0 spiro atoms. The van der Waals surface area contributed by atoms with E-state index in [1.54, 1.807) is 0 Å². The number of hydrogen-bond acceptors (Lipinski definition) is 3. The van der Waals surface area contributed by atoms with E-state index in [0.29, 0.717) is 23.6 Å². The zero-order valence-electron chi connectivity index (χ0n) is 10.7. The van der Waals surface area contributed by atoms with Crippen LogP contribution >= 0.6 is 39.1 Å². The Kier molecular flexibility index (Phi) is 5.40. The van der Waals surface area contributed by atoms with Crippen LogP contribution in [0.15, 0.2) is 23.1 Å². The van der Waals surface area contributed by atoms with Gasteiger partial charge in [-0.15, -0.1) is 0 Å². The van der Waals surface area contributed by atoms with Crippen molar-refractivity contribution in [1.29, 1.82) is 0 Å². The first-order chi connectivity index (χ1) is 9.38. The van der Waals surface area contributed by atoms with Gasteiger partial charge < -0.3 is 4.74 Å². The van der Waals surface area contributed by atoms with Crippen molar-refractivity contribution < 1.29 is 13.2 Å². The number of rotatable bonds is 4. The van der Waals surface area contributed by atoms with Gasteiger partial charge in [0.25, 0.3) is 0 Å². The van der Waals surface area contributed by atoms with Gasteiger partial charge in [-0.1, -0.05) is 39.1 Å². The summed E-state index contributed by atoms with van der Waals surface area (Å²) in [5.74, 6) is 0.0899. The third-order valence-corrected chi connectivity index (χ3v) is 7.48. The minimum Gasteiger partial charge on any atom is -0.381 e. The van der Waals surface area contributed by atoms with E-state index in [4.69, 9.17) is 27.9 Å². The highest BCUT2D eigenvalue weighted by Crippen LogP contribution is 2.36. The Balaban J connectivity index is 2.27. The van der Waals surface area contributed by atoms with Gasteiger partial charge in [-0.25, -0.2) is 8.42 Å².